The smallest absolute Gasteiger partial charge is 0.238 e. The van der Waals surface area contributed by atoms with Crippen molar-refractivity contribution in [2.45, 2.75) is 17.7 Å². The molecule has 1 heterocycles. The third-order valence-corrected chi connectivity index (χ3v) is 6.01. The van der Waals surface area contributed by atoms with Crippen molar-refractivity contribution in [2.75, 3.05) is 6.54 Å². The van der Waals surface area contributed by atoms with Gasteiger partial charge in [0.05, 0.1) is 11.4 Å². The van der Waals surface area contributed by atoms with E-state index in [-0.39, 0.29) is 4.90 Å². The standard InChI is InChI=1S/C26H23N3O3S/c27-18-4-5-19-8-10-20(11-9-19)12-17-24-29-25(21-6-2-1-3-7-21)26(32-24)22-13-15-23(16-14-22)33(28,30)31/h1-3,6-11,13-16H,12,17-18,27H2,(H2,28,30,31). The number of aromatic nitrogens is 1. The fourth-order valence-electron chi connectivity index (χ4n) is 3.41. The van der Waals surface area contributed by atoms with Gasteiger partial charge in [-0.05, 0) is 48.4 Å². The number of oxazole rings is 1. The average molecular weight is 458 g/mol. The van der Waals surface area contributed by atoms with E-state index in [1.165, 1.54) is 12.1 Å². The first-order valence-corrected chi connectivity index (χ1v) is 11.9. The van der Waals surface area contributed by atoms with Crippen LogP contribution < -0.4 is 10.9 Å². The number of primary sulfonamides is 1. The molecule has 7 heteroatoms. The Morgan fingerprint density at radius 1 is 0.848 bits per heavy atom. The molecule has 0 radical (unpaired) electrons. The molecule has 0 saturated heterocycles. The minimum Gasteiger partial charge on any atom is -0.440 e. The Morgan fingerprint density at radius 3 is 2.18 bits per heavy atom. The third-order valence-electron chi connectivity index (χ3n) is 5.08. The maximum absolute atomic E-state index is 11.6. The molecule has 4 aromatic rings. The summed E-state index contributed by atoms with van der Waals surface area (Å²) >= 11 is 0. The lowest BCUT2D eigenvalue weighted by Crippen LogP contribution is -2.11. The van der Waals surface area contributed by atoms with Crippen LogP contribution in [0.5, 0.6) is 0 Å². The number of hydrogen-bond acceptors (Lipinski definition) is 5. The Balaban J connectivity index is 1.61. The van der Waals surface area contributed by atoms with Crippen molar-refractivity contribution in [2.24, 2.45) is 10.9 Å². The quantitative estimate of drug-likeness (QED) is 0.428. The Kier molecular flexibility index (Phi) is 6.71. The van der Waals surface area contributed by atoms with Gasteiger partial charge in [-0.15, -0.1) is 0 Å². The SMILES string of the molecule is NCC#Cc1ccc(CCc2nc(-c3ccccc3)c(-c3ccc(S(N)(=O)=O)cc3)o2)cc1. The fraction of sp³-hybridized carbons (Fsp3) is 0.115. The number of sulfonamides is 1. The van der Waals surface area contributed by atoms with Crippen molar-refractivity contribution in [3.63, 3.8) is 0 Å². The lowest BCUT2D eigenvalue weighted by molar-refractivity contribution is 0.505. The Hall–Kier alpha value is -3.70. The van der Waals surface area contributed by atoms with Crippen LogP contribution in [-0.2, 0) is 22.9 Å². The molecule has 6 nitrogen and oxygen atoms in total. The van der Waals surface area contributed by atoms with Crippen molar-refractivity contribution in [3.8, 4) is 34.4 Å². The summed E-state index contributed by atoms with van der Waals surface area (Å²) in [7, 11) is -3.77. The fourth-order valence-corrected chi connectivity index (χ4v) is 3.93. The number of nitrogens with zero attached hydrogens (tertiary/aromatic N) is 1. The zero-order chi connectivity index (χ0) is 23.3. The third kappa shape index (κ3) is 5.57. The van der Waals surface area contributed by atoms with Crippen molar-refractivity contribution >= 4 is 10.0 Å². The summed E-state index contributed by atoms with van der Waals surface area (Å²) in [4.78, 5) is 4.80. The van der Waals surface area contributed by atoms with E-state index in [0.29, 0.717) is 30.3 Å². The first-order chi connectivity index (χ1) is 15.9. The van der Waals surface area contributed by atoms with Crippen LogP contribution in [0.2, 0.25) is 0 Å². The first-order valence-electron chi connectivity index (χ1n) is 10.4. The zero-order valence-corrected chi connectivity index (χ0v) is 18.7. The summed E-state index contributed by atoms with van der Waals surface area (Å²) in [5, 5.41) is 5.22. The van der Waals surface area contributed by atoms with Gasteiger partial charge in [0.2, 0.25) is 10.0 Å². The molecule has 0 fully saturated rings. The van der Waals surface area contributed by atoms with Gasteiger partial charge >= 0.3 is 0 Å². The highest BCUT2D eigenvalue weighted by Crippen LogP contribution is 2.33. The molecule has 4 rings (SSSR count). The molecule has 0 unspecified atom stereocenters. The van der Waals surface area contributed by atoms with Crippen molar-refractivity contribution in [3.05, 3.63) is 95.9 Å². The van der Waals surface area contributed by atoms with E-state index in [2.05, 4.69) is 11.8 Å². The number of nitrogens with two attached hydrogens (primary N) is 2. The van der Waals surface area contributed by atoms with Crippen LogP contribution in [0.15, 0.2) is 88.2 Å². The lowest BCUT2D eigenvalue weighted by atomic mass is 10.1. The van der Waals surface area contributed by atoms with E-state index in [1.54, 1.807) is 12.1 Å². The van der Waals surface area contributed by atoms with Gasteiger partial charge in [0.15, 0.2) is 11.7 Å². The van der Waals surface area contributed by atoms with Gasteiger partial charge in [0.25, 0.3) is 0 Å². The Bertz CT molecular complexity index is 1400. The zero-order valence-electron chi connectivity index (χ0n) is 17.9. The molecule has 1 aromatic heterocycles. The van der Waals surface area contributed by atoms with Crippen LogP contribution in [-0.4, -0.2) is 19.9 Å². The van der Waals surface area contributed by atoms with E-state index in [1.807, 2.05) is 54.6 Å². The van der Waals surface area contributed by atoms with Gasteiger partial charge in [0.1, 0.15) is 5.69 Å². The molecular weight excluding hydrogens is 434 g/mol. The van der Waals surface area contributed by atoms with Gasteiger partial charge in [-0.3, -0.25) is 0 Å². The predicted octanol–water partition coefficient (Wildman–Crippen LogP) is 3.75. The molecule has 4 N–H and O–H groups in total. The van der Waals surface area contributed by atoms with Gasteiger partial charge in [-0.2, -0.15) is 0 Å². The van der Waals surface area contributed by atoms with Crippen molar-refractivity contribution in [1.82, 2.24) is 4.98 Å². The van der Waals surface area contributed by atoms with Crippen LogP contribution in [0, 0.1) is 11.8 Å². The Labute approximate surface area is 193 Å². The van der Waals surface area contributed by atoms with E-state index >= 15 is 0 Å². The number of rotatable bonds is 6. The Morgan fingerprint density at radius 2 is 1.55 bits per heavy atom. The van der Waals surface area contributed by atoms with E-state index < -0.39 is 10.0 Å². The molecule has 0 spiro atoms. The van der Waals surface area contributed by atoms with Crippen LogP contribution in [0.4, 0.5) is 0 Å². The van der Waals surface area contributed by atoms with E-state index in [0.717, 1.165) is 28.7 Å². The normalized spacial score (nSPS) is 11.1. The minimum absolute atomic E-state index is 0.0480. The molecule has 0 bridgehead atoms. The molecule has 3 aromatic carbocycles. The van der Waals surface area contributed by atoms with Gasteiger partial charge in [0, 0.05) is 23.1 Å². The van der Waals surface area contributed by atoms with Gasteiger partial charge in [-0.1, -0.05) is 54.3 Å². The van der Waals surface area contributed by atoms with Crippen LogP contribution in [0.3, 0.4) is 0 Å². The molecular formula is C26H23N3O3S. The molecule has 0 amide bonds. The molecule has 0 atom stereocenters. The van der Waals surface area contributed by atoms with E-state index in [9.17, 15) is 8.42 Å². The second-order valence-corrected chi connectivity index (χ2v) is 8.98. The molecule has 0 aliphatic carbocycles. The van der Waals surface area contributed by atoms with Crippen LogP contribution in [0.25, 0.3) is 22.6 Å². The average Bonchev–Trinajstić information content (AvgIpc) is 3.26. The number of hydrogen-bond donors (Lipinski definition) is 2. The summed E-state index contributed by atoms with van der Waals surface area (Å²) in [5.74, 6) is 7.05. The van der Waals surface area contributed by atoms with Crippen LogP contribution >= 0.6 is 0 Å². The second-order valence-electron chi connectivity index (χ2n) is 7.42. The molecule has 33 heavy (non-hydrogen) atoms. The highest BCUT2D eigenvalue weighted by molar-refractivity contribution is 7.89. The van der Waals surface area contributed by atoms with E-state index in [4.69, 9.17) is 20.3 Å². The molecule has 166 valence electrons. The number of benzene rings is 3. The van der Waals surface area contributed by atoms with Crippen molar-refractivity contribution < 1.29 is 12.8 Å². The maximum Gasteiger partial charge on any atom is 0.238 e. The van der Waals surface area contributed by atoms with Gasteiger partial charge in [-0.25, -0.2) is 18.5 Å². The van der Waals surface area contributed by atoms with Crippen LogP contribution in [0.1, 0.15) is 17.0 Å². The summed E-state index contributed by atoms with van der Waals surface area (Å²) in [6.07, 6.45) is 1.37. The largest absolute Gasteiger partial charge is 0.440 e. The van der Waals surface area contributed by atoms with Crippen molar-refractivity contribution in [1.29, 1.82) is 0 Å². The molecule has 0 aliphatic rings. The van der Waals surface area contributed by atoms with Gasteiger partial charge < -0.3 is 10.2 Å². The molecule has 0 aliphatic heterocycles. The highest BCUT2D eigenvalue weighted by Gasteiger charge is 2.18. The topological polar surface area (TPSA) is 112 Å². The monoisotopic (exact) mass is 457 g/mol. The molecule has 0 saturated carbocycles. The summed E-state index contributed by atoms with van der Waals surface area (Å²) < 4.78 is 29.3. The summed E-state index contributed by atoms with van der Waals surface area (Å²) in [6, 6.07) is 24.1. The first kappa shape index (κ1) is 22.5. The summed E-state index contributed by atoms with van der Waals surface area (Å²) in [6.45, 7) is 0.336. The number of aryl methyl sites for hydroxylation is 2. The highest BCUT2D eigenvalue weighted by atomic mass is 32.2. The summed E-state index contributed by atoms with van der Waals surface area (Å²) in [5.41, 5.74) is 9.84. The maximum atomic E-state index is 11.6. The lowest BCUT2D eigenvalue weighted by Gasteiger charge is -2.03. The minimum atomic E-state index is -3.77. The second kappa shape index (κ2) is 9.84. The predicted molar refractivity (Wildman–Crippen MR) is 129 cm³/mol.